The molecule has 0 atom stereocenters. The maximum Gasteiger partial charge on any atom is 0.248 e. The first-order valence-corrected chi connectivity index (χ1v) is 16.0. The van der Waals surface area contributed by atoms with Crippen LogP contribution in [0.25, 0.3) is 0 Å². The van der Waals surface area contributed by atoms with Crippen LogP contribution < -0.4 is 15.8 Å². The minimum absolute atomic E-state index is 0.234. The average Bonchev–Trinajstić information content (AvgIpc) is 3.01. The van der Waals surface area contributed by atoms with Crippen molar-refractivity contribution in [2.24, 2.45) is 5.73 Å². The van der Waals surface area contributed by atoms with Gasteiger partial charge in [0.1, 0.15) is 18.4 Å². The van der Waals surface area contributed by atoms with Crippen molar-refractivity contribution in [2.75, 3.05) is 26.2 Å². The lowest BCUT2D eigenvalue weighted by molar-refractivity contribution is -0.0980. The molecule has 0 aliphatic carbocycles. The van der Waals surface area contributed by atoms with Crippen LogP contribution in [0.2, 0.25) is 0 Å². The smallest absolute Gasteiger partial charge is 0.248 e. The number of carbonyl (C=O) groups is 2. The minimum atomic E-state index is -0.385. The third-order valence-corrected chi connectivity index (χ3v) is 7.48. The molecule has 3 rings (SSSR count). The molecule has 0 spiro atoms. The second-order valence-electron chi connectivity index (χ2n) is 11.4. The Labute approximate surface area is 264 Å². The van der Waals surface area contributed by atoms with Crippen LogP contribution in [0.1, 0.15) is 90.5 Å². The maximum atomic E-state index is 14.2. The molecule has 3 aromatic carbocycles. The van der Waals surface area contributed by atoms with E-state index in [0.29, 0.717) is 17.9 Å². The van der Waals surface area contributed by atoms with Crippen molar-refractivity contribution in [1.29, 1.82) is 0 Å². The Hall–Kier alpha value is -3.55. The van der Waals surface area contributed by atoms with E-state index < -0.39 is 0 Å². The van der Waals surface area contributed by atoms with Crippen molar-refractivity contribution in [1.82, 2.24) is 10.2 Å². The van der Waals surface area contributed by atoms with E-state index in [0.717, 1.165) is 101 Å². The summed E-state index contributed by atoms with van der Waals surface area (Å²) >= 11 is 0. The first kappa shape index (κ1) is 36.6. The highest BCUT2D eigenvalue weighted by Crippen LogP contribution is 2.19. The number of hydrogen-bond acceptors (Lipinski definition) is 5. The van der Waals surface area contributed by atoms with Gasteiger partial charge >= 0.3 is 0 Å². The van der Waals surface area contributed by atoms with Crippen molar-refractivity contribution in [2.45, 2.75) is 85.2 Å². The minimum Gasteiger partial charge on any atom is -0.493 e. The number of hydrogen-bond donors (Lipinski definition) is 2. The van der Waals surface area contributed by atoms with E-state index >= 15 is 0 Å². The van der Waals surface area contributed by atoms with Gasteiger partial charge in [0.05, 0.1) is 6.61 Å². The summed E-state index contributed by atoms with van der Waals surface area (Å²) in [6, 6.07) is 19.7. The van der Waals surface area contributed by atoms with Gasteiger partial charge in [-0.05, 0) is 124 Å². The number of nitrogens with two attached hydrogens (primary N) is 1. The lowest BCUT2D eigenvalue weighted by Gasteiger charge is -2.22. The van der Waals surface area contributed by atoms with Gasteiger partial charge < -0.3 is 20.6 Å². The summed E-state index contributed by atoms with van der Waals surface area (Å²) < 4.78 is 20.2. The normalized spacial score (nSPS) is 10.8. The first-order chi connectivity index (χ1) is 21.4. The number of ether oxygens (including phenoxy) is 1. The zero-order valence-corrected chi connectivity index (χ0v) is 27.0. The Kier molecular flexibility index (Phi) is 17.7. The number of rotatable bonds is 20. The molecule has 0 bridgehead atoms. The van der Waals surface area contributed by atoms with Gasteiger partial charge in [-0.2, -0.15) is 0 Å². The number of halogens is 1. The molecule has 0 aromatic heterocycles. The molecule has 3 N–H and O–H groups in total. The van der Waals surface area contributed by atoms with E-state index in [-0.39, 0.29) is 11.7 Å². The molecule has 0 aliphatic rings. The molecule has 1 amide bonds. The fourth-order valence-electron chi connectivity index (χ4n) is 5.36. The van der Waals surface area contributed by atoms with E-state index in [1.807, 2.05) is 31.9 Å². The summed E-state index contributed by atoms with van der Waals surface area (Å²) in [4.78, 5) is 22.1. The van der Waals surface area contributed by atoms with Crippen LogP contribution in [0.5, 0.6) is 5.75 Å². The van der Waals surface area contributed by atoms with Gasteiger partial charge in [-0.25, -0.2) is 4.39 Å². The summed E-state index contributed by atoms with van der Waals surface area (Å²) in [5, 5.41) is 3.52. The van der Waals surface area contributed by atoms with Crippen LogP contribution in [0.15, 0.2) is 60.7 Å². The van der Waals surface area contributed by atoms with Crippen molar-refractivity contribution in [3.63, 3.8) is 0 Å². The van der Waals surface area contributed by atoms with Crippen LogP contribution >= 0.6 is 0 Å². The van der Waals surface area contributed by atoms with Gasteiger partial charge in [0.25, 0.3) is 0 Å². The fraction of sp³-hybridized carbons (Fsp3) is 0.459. The number of carbonyl (C=O) groups excluding carboxylic acids is 2. The number of primary amides is 1. The van der Waals surface area contributed by atoms with Crippen LogP contribution in [0.4, 0.5) is 4.39 Å². The topological polar surface area (TPSA) is 84.7 Å². The van der Waals surface area contributed by atoms with Crippen LogP contribution in [-0.2, 0) is 30.7 Å². The highest BCUT2D eigenvalue weighted by molar-refractivity contribution is 5.93. The Morgan fingerprint density at radius 3 is 2.43 bits per heavy atom. The molecule has 44 heavy (non-hydrogen) atoms. The Bertz CT molecular complexity index is 1270. The molecule has 6 nitrogen and oxygen atoms in total. The predicted octanol–water partition coefficient (Wildman–Crippen LogP) is 7.18. The number of amides is 1. The zero-order valence-electron chi connectivity index (χ0n) is 27.0. The van der Waals surface area contributed by atoms with Gasteiger partial charge in [-0.15, -0.1) is 0 Å². The summed E-state index contributed by atoms with van der Waals surface area (Å²) in [6.07, 6.45) is 8.05. The predicted molar refractivity (Wildman–Crippen MR) is 179 cm³/mol. The third-order valence-electron chi connectivity index (χ3n) is 7.48. The van der Waals surface area contributed by atoms with Crippen LogP contribution in [-0.4, -0.2) is 43.8 Å². The van der Waals surface area contributed by atoms with Crippen molar-refractivity contribution >= 4 is 12.7 Å². The SMILES string of the molecule is C=O.CCCN(CCCCCOc1cc(F)cc(CCCCNCc2cccc(CC)c2)c1)Cc1cc(C)cc(C(N)=O)c1. The molecule has 0 saturated heterocycles. The number of nitrogens with zero attached hydrogens (tertiary/aromatic N) is 1. The van der Waals surface area contributed by atoms with Crippen molar-refractivity contribution in [3.05, 3.63) is 99.9 Å². The molecule has 3 aromatic rings. The van der Waals surface area contributed by atoms with Crippen LogP contribution in [0, 0.1) is 12.7 Å². The molecule has 240 valence electrons. The summed E-state index contributed by atoms with van der Waals surface area (Å²) in [6.45, 7) is 13.6. The van der Waals surface area contributed by atoms with Gasteiger partial charge in [0.15, 0.2) is 0 Å². The number of benzene rings is 3. The average molecular weight is 606 g/mol. The molecule has 0 heterocycles. The number of aryl methyl sites for hydroxylation is 3. The lowest BCUT2D eigenvalue weighted by Crippen LogP contribution is -2.25. The lowest BCUT2D eigenvalue weighted by atomic mass is 10.1. The molecule has 0 fully saturated rings. The largest absolute Gasteiger partial charge is 0.493 e. The van der Waals surface area contributed by atoms with E-state index in [1.165, 1.54) is 17.2 Å². The van der Waals surface area contributed by atoms with Gasteiger partial charge in [-0.3, -0.25) is 9.69 Å². The summed E-state index contributed by atoms with van der Waals surface area (Å²) in [7, 11) is 0. The standard InChI is InChI=1S/C36H50FN3O2.CH2O/c1-4-16-40(27-32-19-28(3)20-33(22-32)36(38)41)17-9-6-10-18-42-35-24-30(23-34(37)25-35)12-7-8-15-39-26-31-14-11-13-29(5-2)21-31;1-2/h11,13-14,19-25,39H,4-10,12,15-18,26-27H2,1-3H3,(H2,38,41);1H2. The van der Waals surface area contributed by atoms with E-state index in [4.69, 9.17) is 15.3 Å². The Morgan fingerprint density at radius 1 is 0.886 bits per heavy atom. The van der Waals surface area contributed by atoms with Gasteiger partial charge in [0.2, 0.25) is 5.91 Å². The highest BCUT2D eigenvalue weighted by Gasteiger charge is 2.09. The monoisotopic (exact) mass is 605 g/mol. The third kappa shape index (κ3) is 14.3. The van der Waals surface area contributed by atoms with Gasteiger partial charge in [0, 0.05) is 24.7 Å². The van der Waals surface area contributed by atoms with E-state index in [9.17, 15) is 9.18 Å². The molecular weight excluding hydrogens is 553 g/mol. The van der Waals surface area contributed by atoms with Gasteiger partial charge in [-0.1, -0.05) is 49.7 Å². The molecular formula is C37H52FN3O3. The first-order valence-electron chi connectivity index (χ1n) is 16.0. The van der Waals surface area contributed by atoms with Crippen molar-refractivity contribution < 1.29 is 18.7 Å². The summed E-state index contributed by atoms with van der Waals surface area (Å²) in [5.74, 6) is 0.00291. The van der Waals surface area contributed by atoms with Crippen molar-refractivity contribution in [3.8, 4) is 5.75 Å². The molecule has 0 radical (unpaired) electrons. The number of unbranched alkanes of at least 4 members (excludes halogenated alkanes) is 3. The quantitative estimate of drug-likeness (QED) is 0.133. The Morgan fingerprint density at radius 2 is 1.68 bits per heavy atom. The molecule has 0 unspecified atom stereocenters. The molecule has 7 heteroatoms. The molecule has 0 saturated carbocycles. The van der Waals surface area contributed by atoms with Crippen LogP contribution in [0.3, 0.4) is 0 Å². The maximum absolute atomic E-state index is 14.2. The molecule has 0 aliphatic heterocycles. The fourth-order valence-corrected chi connectivity index (χ4v) is 5.36. The van der Waals surface area contributed by atoms with E-state index in [1.54, 1.807) is 6.07 Å². The highest BCUT2D eigenvalue weighted by atomic mass is 19.1. The zero-order chi connectivity index (χ0) is 32.2. The second-order valence-corrected chi connectivity index (χ2v) is 11.4. The second kappa shape index (κ2) is 21.2. The number of nitrogens with one attached hydrogen (secondary N) is 1. The summed E-state index contributed by atoms with van der Waals surface area (Å²) in [5.41, 5.74) is 11.9. The Balaban J connectivity index is 0.00000330. The van der Waals surface area contributed by atoms with E-state index in [2.05, 4.69) is 54.4 Å².